The molecule has 0 bridgehead atoms. The molecule has 24 heavy (non-hydrogen) atoms. The quantitative estimate of drug-likeness (QED) is 0.364. The summed E-state index contributed by atoms with van der Waals surface area (Å²) in [6.07, 6.45) is -11.2. The van der Waals surface area contributed by atoms with E-state index >= 15 is 0 Å². The highest BCUT2D eigenvalue weighted by Crippen LogP contribution is 2.14. The molecule has 0 aromatic carbocycles. The molecule has 13 heteroatoms. The molecule has 0 fully saturated rings. The smallest absolute Gasteiger partial charge is 0.388 e. The fourth-order valence-corrected chi connectivity index (χ4v) is 1.16. The van der Waals surface area contributed by atoms with Crippen LogP contribution in [0, 0.1) is 0 Å². The minimum absolute atomic E-state index is 0.291. The highest BCUT2D eigenvalue weighted by molar-refractivity contribution is 5.81. The van der Waals surface area contributed by atoms with E-state index in [0.29, 0.717) is 0 Å². The van der Waals surface area contributed by atoms with Gasteiger partial charge in [0.1, 0.15) is 6.10 Å². The van der Waals surface area contributed by atoms with Crippen LogP contribution in [0.5, 0.6) is 0 Å². The number of hydrogen-bond acceptors (Lipinski definition) is 5. The first-order chi connectivity index (χ1) is 10.9. The lowest BCUT2D eigenvalue weighted by Crippen LogP contribution is -2.39. The van der Waals surface area contributed by atoms with Gasteiger partial charge in [0.2, 0.25) is 0 Å². The number of aliphatic hydroxyl groups excluding tert-OH is 1. The molecule has 0 rings (SSSR count). The average Bonchev–Trinajstić information content (AvgIpc) is 2.44. The first-order valence-electron chi connectivity index (χ1n) is 6.48. The lowest BCUT2D eigenvalue weighted by atomic mass is 10.4. The molecule has 0 aliphatic heterocycles. The van der Waals surface area contributed by atoms with Gasteiger partial charge < -0.3 is 25.2 Å². The Morgan fingerprint density at radius 2 is 1.17 bits per heavy atom. The van der Waals surface area contributed by atoms with Crippen molar-refractivity contribution in [3.05, 3.63) is 0 Å². The molecule has 0 unspecified atom stereocenters. The van der Waals surface area contributed by atoms with Crippen molar-refractivity contribution in [2.75, 3.05) is 39.5 Å². The highest BCUT2D eigenvalue weighted by Gasteiger charge is 2.38. The van der Waals surface area contributed by atoms with Crippen LogP contribution in [-0.2, 0) is 19.1 Å². The molecule has 142 valence electrons. The molecule has 3 N–H and O–H groups in total. The third kappa shape index (κ3) is 11.0. The van der Waals surface area contributed by atoms with E-state index in [9.17, 15) is 41.0 Å². The number of amides is 2. The molecule has 0 atom stereocenters. The Morgan fingerprint density at radius 1 is 0.833 bits per heavy atom. The van der Waals surface area contributed by atoms with E-state index in [2.05, 4.69) is 0 Å². The van der Waals surface area contributed by atoms with Gasteiger partial charge in [-0.25, -0.2) is 0 Å². The Bertz CT molecular complexity index is 365. The first-order valence-corrected chi connectivity index (χ1v) is 6.48. The predicted octanol–water partition coefficient (Wildman–Crippen LogP) is -0.262. The van der Waals surface area contributed by atoms with Crippen LogP contribution in [0.1, 0.15) is 0 Å². The van der Waals surface area contributed by atoms with Gasteiger partial charge >= 0.3 is 24.2 Å². The van der Waals surface area contributed by atoms with E-state index in [1.165, 1.54) is 0 Å². The van der Waals surface area contributed by atoms with E-state index in [4.69, 9.17) is 9.47 Å². The highest BCUT2D eigenvalue weighted by atomic mass is 19.4. The van der Waals surface area contributed by atoms with Crippen LogP contribution < -0.4 is 10.6 Å². The molecule has 0 aliphatic rings. The Labute approximate surface area is 132 Å². The van der Waals surface area contributed by atoms with E-state index in [1.54, 1.807) is 10.6 Å². The third-order valence-corrected chi connectivity index (χ3v) is 2.20. The maximum atomic E-state index is 11.8. The fraction of sp³-hybridized carbons (Fsp3) is 0.818. The van der Waals surface area contributed by atoms with Gasteiger partial charge in [-0.2, -0.15) is 26.3 Å². The summed E-state index contributed by atoms with van der Waals surface area (Å²) in [6.45, 7) is -2.07. The van der Waals surface area contributed by atoms with E-state index < -0.39 is 43.4 Å². The van der Waals surface area contributed by atoms with Crippen LogP contribution in [0.25, 0.3) is 0 Å². The summed E-state index contributed by atoms with van der Waals surface area (Å²) < 4.78 is 80.4. The molecular formula is C11H16F6N2O5. The number of aliphatic hydroxyl groups is 1. The predicted molar refractivity (Wildman–Crippen MR) is 65.8 cm³/mol. The fourth-order valence-electron chi connectivity index (χ4n) is 1.16. The monoisotopic (exact) mass is 370 g/mol. The van der Waals surface area contributed by atoms with Crippen LogP contribution >= 0.6 is 0 Å². The number of hydrogen-bond donors (Lipinski definition) is 3. The number of halogens is 6. The topological polar surface area (TPSA) is 96.9 Å². The van der Waals surface area contributed by atoms with Crippen molar-refractivity contribution < 1.29 is 50.5 Å². The van der Waals surface area contributed by atoms with E-state index in [1.807, 2.05) is 0 Å². The van der Waals surface area contributed by atoms with Crippen molar-refractivity contribution in [2.24, 2.45) is 0 Å². The van der Waals surface area contributed by atoms with Crippen molar-refractivity contribution in [1.82, 2.24) is 10.6 Å². The molecule has 2 amide bonds. The zero-order chi connectivity index (χ0) is 18.8. The van der Waals surface area contributed by atoms with Crippen LogP contribution in [0.4, 0.5) is 26.3 Å². The Balaban J connectivity index is 3.56. The molecular weight excluding hydrogens is 354 g/mol. The second kappa shape index (κ2) is 10.3. The SMILES string of the molecule is O=C(NCCOCC(O)COCCNC(=O)C(F)(F)F)C(F)(F)F. The molecule has 0 aliphatic carbocycles. The normalized spacial score (nSPS) is 12.3. The van der Waals surface area contributed by atoms with Gasteiger partial charge in [0, 0.05) is 13.1 Å². The van der Waals surface area contributed by atoms with Crippen molar-refractivity contribution in [3.63, 3.8) is 0 Å². The first kappa shape index (κ1) is 22.4. The van der Waals surface area contributed by atoms with Crippen LogP contribution in [0.2, 0.25) is 0 Å². The van der Waals surface area contributed by atoms with Crippen molar-refractivity contribution in [1.29, 1.82) is 0 Å². The number of carbonyl (C=O) groups excluding carboxylic acids is 2. The van der Waals surface area contributed by atoms with E-state index in [-0.39, 0.29) is 26.4 Å². The minimum atomic E-state index is -4.99. The second-order valence-electron chi connectivity index (χ2n) is 4.31. The van der Waals surface area contributed by atoms with Gasteiger partial charge in [0.25, 0.3) is 0 Å². The number of rotatable bonds is 10. The molecule has 0 saturated carbocycles. The van der Waals surface area contributed by atoms with Gasteiger partial charge in [-0.05, 0) is 0 Å². The lowest BCUT2D eigenvalue weighted by Gasteiger charge is -2.13. The summed E-state index contributed by atoms with van der Waals surface area (Å²) in [5.74, 6) is -4.23. The lowest BCUT2D eigenvalue weighted by molar-refractivity contribution is -0.173. The largest absolute Gasteiger partial charge is 0.471 e. The summed E-state index contributed by atoms with van der Waals surface area (Å²) in [4.78, 5) is 20.8. The third-order valence-electron chi connectivity index (χ3n) is 2.20. The van der Waals surface area contributed by atoms with E-state index in [0.717, 1.165) is 0 Å². The molecule has 0 saturated heterocycles. The van der Waals surface area contributed by atoms with Crippen LogP contribution in [-0.4, -0.2) is 74.9 Å². The zero-order valence-electron chi connectivity index (χ0n) is 12.2. The van der Waals surface area contributed by atoms with Gasteiger partial charge in [0.15, 0.2) is 0 Å². The standard InChI is InChI=1S/C11H16F6N2O5/c12-10(13,14)8(21)18-1-3-23-5-7(20)6-24-4-2-19-9(22)11(15,16)17/h7,20H,1-6H2,(H,18,21)(H,19,22). The zero-order valence-corrected chi connectivity index (χ0v) is 12.2. The molecule has 0 aromatic rings. The van der Waals surface area contributed by atoms with Crippen molar-refractivity contribution in [3.8, 4) is 0 Å². The van der Waals surface area contributed by atoms with Gasteiger partial charge in [-0.3, -0.25) is 9.59 Å². The van der Waals surface area contributed by atoms with Crippen LogP contribution in [0.15, 0.2) is 0 Å². The Morgan fingerprint density at radius 3 is 1.46 bits per heavy atom. The Hall–Kier alpha value is -1.60. The van der Waals surface area contributed by atoms with Gasteiger partial charge in [0.05, 0.1) is 26.4 Å². The molecule has 0 spiro atoms. The van der Waals surface area contributed by atoms with Crippen molar-refractivity contribution >= 4 is 11.8 Å². The average molecular weight is 370 g/mol. The molecule has 0 heterocycles. The van der Waals surface area contributed by atoms with Crippen LogP contribution in [0.3, 0.4) is 0 Å². The second-order valence-corrected chi connectivity index (χ2v) is 4.31. The minimum Gasteiger partial charge on any atom is -0.388 e. The molecule has 0 radical (unpaired) electrons. The number of alkyl halides is 6. The summed E-state index contributed by atoms with van der Waals surface area (Å²) in [5, 5.41) is 12.4. The maximum absolute atomic E-state index is 11.8. The Kier molecular flexibility index (Phi) is 9.62. The summed E-state index contributed by atoms with van der Waals surface area (Å²) in [5.41, 5.74) is 0. The van der Waals surface area contributed by atoms with Gasteiger partial charge in [-0.1, -0.05) is 0 Å². The summed E-state index contributed by atoms with van der Waals surface area (Å²) in [6, 6.07) is 0. The summed E-state index contributed by atoms with van der Waals surface area (Å²) in [7, 11) is 0. The number of carbonyl (C=O) groups is 2. The number of nitrogens with one attached hydrogen (secondary N) is 2. The van der Waals surface area contributed by atoms with Crippen molar-refractivity contribution in [2.45, 2.75) is 18.5 Å². The maximum Gasteiger partial charge on any atom is 0.471 e. The van der Waals surface area contributed by atoms with Gasteiger partial charge in [-0.15, -0.1) is 0 Å². The molecule has 7 nitrogen and oxygen atoms in total. The summed E-state index contributed by atoms with van der Waals surface area (Å²) >= 11 is 0. The number of ether oxygens (including phenoxy) is 2. The molecule has 0 aromatic heterocycles.